The van der Waals surface area contributed by atoms with Crippen molar-refractivity contribution in [2.24, 2.45) is 0 Å². The van der Waals surface area contributed by atoms with Crippen LogP contribution in [-0.4, -0.2) is 11.8 Å². The summed E-state index contributed by atoms with van der Waals surface area (Å²) in [6, 6.07) is 6.02. The van der Waals surface area contributed by atoms with Gasteiger partial charge in [-0.3, -0.25) is 4.79 Å². The average Bonchev–Trinajstić information content (AvgIpc) is 2.04. The van der Waals surface area contributed by atoms with Crippen LogP contribution in [0, 0.1) is 0 Å². The lowest BCUT2D eigenvalue weighted by molar-refractivity contribution is -0.296. The highest BCUT2D eigenvalue weighted by atomic mass is 79.9. The Morgan fingerprint density at radius 3 is 2.08 bits per heavy atom. The number of Topliss-reactive ketones (excluding diaryl/α,β-unsaturated/α-hetero) is 1. The van der Waals surface area contributed by atoms with E-state index in [1.54, 1.807) is 12.1 Å². The first-order valence-electron chi connectivity index (χ1n) is 3.12. The van der Waals surface area contributed by atoms with E-state index in [1.807, 2.05) is 0 Å². The van der Waals surface area contributed by atoms with Gasteiger partial charge in [-0.2, -0.15) is 0 Å². The minimum Gasteiger partial charge on any atom is -0.541 e. The third kappa shape index (κ3) is 1.92. The predicted molar refractivity (Wildman–Crippen MR) is 43.5 cm³/mol. The molecule has 0 saturated heterocycles. The molecule has 0 saturated carbocycles. The van der Waals surface area contributed by atoms with E-state index in [4.69, 9.17) is 0 Å². The standard InChI is InChI=1S/C8H5BrO3/c9-6-3-1-5(2-4-6)7(10)8(11)12/h1-4H,(H,11,12)/p-1. The summed E-state index contributed by atoms with van der Waals surface area (Å²) >= 11 is 3.16. The van der Waals surface area contributed by atoms with Gasteiger partial charge in [-0.25, -0.2) is 0 Å². The number of carbonyl (C=O) groups is 2. The quantitative estimate of drug-likeness (QED) is 0.543. The van der Waals surface area contributed by atoms with Crippen molar-refractivity contribution in [3.05, 3.63) is 34.3 Å². The summed E-state index contributed by atoms with van der Waals surface area (Å²) in [4.78, 5) is 20.9. The normalized spacial score (nSPS) is 9.42. The van der Waals surface area contributed by atoms with Gasteiger partial charge in [0.2, 0.25) is 5.78 Å². The predicted octanol–water partition coefficient (Wildman–Crippen LogP) is 0.382. The van der Waals surface area contributed by atoms with Crippen molar-refractivity contribution in [3.63, 3.8) is 0 Å². The van der Waals surface area contributed by atoms with E-state index >= 15 is 0 Å². The van der Waals surface area contributed by atoms with Crippen molar-refractivity contribution in [3.8, 4) is 0 Å². The third-order valence-corrected chi connectivity index (χ3v) is 1.82. The molecule has 0 atom stereocenters. The Morgan fingerprint density at radius 2 is 1.67 bits per heavy atom. The van der Waals surface area contributed by atoms with Crippen molar-refractivity contribution in [2.45, 2.75) is 0 Å². The van der Waals surface area contributed by atoms with Crippen LogP contribution in [0.15, 0.2) is 28.7 Å². The molecule has 1 aromatic carbocycles. The minimum atomic E-state index is -1.68. The maximum Gasteiger partial charge on any atom is 0.208 e. The highest BCUT2D eigenvalue weighted by Crippen LogP contribution is 2.10. The molecule has 0 aliphatic heterocycles. The number of rotatable bonds is 2. The fourth-order valence-electron chi connectivity index (χ4n) is 0.719. The summed E-state index contributed by atoms with van der Waals surface area (Å²) in [6.07, 6.45) is 0. The molecule has 0 aromatic heterocycles. The van der Waals surface area contributed by atoms with E-state index in [1.165, 1.54) is 12.1 Å². The molecular weight excluding hydrogens is 224 g/mol. The van der Waals surface area contributed by atoms with Crippen LogP contribution in [0.5, 0.6) is 0 Å². The van der Waals surface area contributed by atoms with Gasteiger partial charge in [0.15, 0.2) is 0 Å². The fourth-order valence-corrected chi connectivity index (χ4v) is 0.983. The summed E-state index contributed by atoms with van der Waals surface area (Å²) in [6.45, 7) is 0. The van der Waals surface area contributed by atoms with Crippen molar-refractivity contribution < 1.29 is 14.7 Å². The van der Waals surface area contributed by atoms with Gasteiger partial charge >= 0.3 is 0 Å². The number of halogens is 1. The topological polar surface area (TPSA) is 57.2 Å². The van der Waals surface area contributed by atoms with Crippen LogP contribution in [0.2, 0.25) is 0 Å². The number of hydrogen-bond donors (Lipinski definition) is 0. The molecule has 62 valence electrons. The van der Waals surface area contributed by atoms with E-state index < -0.39 is 11.8 Å². The Hall–Kier alpha value is -1.16. The van der Waals surface area contributed by atoms with E-state index in [9.17, 15) is 14.7 Å². The highest BCUT2D eigenvalue weighted by Gasteiger charge is 2.04. The molecular formula is C8H4BrO3-. The zero-order valence-electron chi connectivity index (χ0n) is 5.91. The number of carbonyl (C=O) groups excluding carboxylic acids is 2. The molecule has 0 fully saturated rings. The number of aliphatic carboxylic acids is 1. The van der Waals surface area contributed by atoms with Gasteiger partial charge in [0, 0.05) is 10.0 Å². The number of ketones is 1. The van der Waals surface area contributed by atoms with Crippen molar-refractivity contribution >= 4 is 27.7 Å². The fraction of sp³-hybridized carbons (Fsp3) is 0. The molecule has 1 rings (SSSR count). The molecule has 0 aliphatic carbocycles. The summed E-state index contributed by atoms with van der Waals surface area (Å²) in [5.74, 6) is -2.68. The van der Waals surface area contributed by atoms with Gasteiger partial charge < -0.3 is 9.90 Å². The monoisotopic (exact) mass is 227 g/mol. The van der Waals surface area contributed by atoms with Gasteiger partial charge in [0.1, 0.15) is 5.97 Å². The lowest BCUT2D eigenvalue weighted by atomic mass is 10.1. The minimum absolute atomic E-state index is 0.123. The third-order valence-electron chi connectivity index (χ3n) is 1.29. The summed E-state index contributed by atoms with van der Waals surface area (Å²) in [5.41, 5.74) is 0.123. The van der Waals surface area contributed by atoms with Crippen LogP contribution in [-0.2, 0) is 4.79 Å². The van der Waals surface area contributed by atoms with Gasteiger partial charge in [-0.1, -0.05) is 15.9 Å². The van der Waals surface area contributed by atoms with Crippen molar-refractivity contribution in [1.29, 1.82) is 0 Å². The van der Waals surface area contributed by atoms with Crippen LogP contribution < -0.4 is 5.11 Å². The Balaban J connectivity index is 2.98. The molecule has 0 amide bonds. The van der Waals surface area contributed by atoms with Crippen molar-refractivity contribution in [2.75, 3.05) is 0 Å². The molecule has 1 aromatic rings. The second-order valence-electron chi connectivity index (χ2n) is 2.12. The van der Waals surface area contributed by atoms with Crippen LogP contribution >= 0.6 is 15.9 Å². The Morgan fingerprint density at radius 1 is 1.17 bits per heavy atom. The Bertz CT molecular complexity index is 316. The average molecular weight is 228 g/mol. The van der Waals surface area contributed by atoms with Gasteiger partial charge in [0.25, 0.3) is 0 Å². The SMILES string of the molecule is O=C([O-])C(=O)c1ccc(Br)cc1. The molecule has 3 nitrogen and oxygen atoms in total. The van der Waals surface area contributed by atoms with Crippen LogP contribution in [0.3, 0.4) is 0 Å². The molecule has 0 radical (unpaired) electrons. The molecule has 12 heavy (non-hydrogen) atoms. The van der Waals surface area contributed by atoms with Gasteiger partial charge in [0.05, 0.1) is 0 Å². The Labute approximate surface area is 77.1 Å². The maximum absolute atomic E-state index is 10.8. The zero-order chi connectivity index (χ0) is 9.14. The molecule has 0 heterocycles. The Kier molecular flexibility index (Phi) is 2.60. The number of carboxylic acid groups (broad SMARTS) is 1. The van der Waals surface area contributed by atoms with E-state index in [0.717, 1.165) is 4.47 Å². The van der Waals surface area contributed by atoms with Gasteiger partial charge in [-0.15, -0.1) is 0 Å². The lowest BCUT2D eigenvalue weighted by Gasteiger charge is -2.00. The molecule has 0 spiro atoms. The molecule has 0 N–H and O–H groups in total. The molecule has 4 heteroatoms. The smallest absolute Gasteiger partial charge is 0.208 e. The first-order chi connectivity index (χ1) is 5.61. The van der Waals surface area contributed by atoms with Crippen LogP contribution in [0.1, 0.15) is 10.4 Å². The largest absolute Gasteiger partial charge is 0.541 e. The second-order valence-corrected chi connectivity index (χ2v) is 3.04. The molecule has 0 aliphatic rings. The summed E-state index contributed by atoms with van der Waals surface area (Å²) in [7, 11) is 0. The maximum atomic E-state index is 10.8. The van der Waals surface area contributed by atoms with E-state index in [0.29, 0.717) is 0 Å². The van der Waals surface area contributed by atoms with E-state index in [-0.39, 0.29) is 5.56 Å². The van der Waals surface area contributed by atoms with Crippen molar-refractivity contribution in [1.82, 2.24) is 0 Å². The number of benzene rings is 1. The first kappa shape index (κ1) is 8.93. The van der Waals surface area contributed by atoms with Crippen LogP contribution in [0.25, 0.3) is 0 Å². The van der Waals surface area contributed by atoms with Gasteiger partial charge in [-0.05, 0) is 24.3 Å². The highest BCUT2D eigenvalue weighted by molar-refractivity contribution is 9.10. The molecule has 0 bridgehead atoms. The lowest BCUT2D eigenvalue weighted by Crippen LogP contribution is -2.31. The van der Waals surface area contributed by atoms with E-state index in [2.05, 4.69) is 15.9 Å². The second kappa shape index (κ2) is 3.49. The molecule has 0 unspecified atom stereocenters. The first-order valence-corrected chi connectivity index (χ1v) is 3.92. The number of hydrogen-bond acceptors (Lipinski definition) is 3. The summed E-state index contributed by atoms with van der Waals surface area (Å²) < 4.78 is 0.789. The summed E-state index contributed by atoms with van der Waals surface area (Å²) in [5, 5.41) is 10.1. The number of carboxylic acids is 1. The zero-order valence-corrected chi connectivity index (χ0v) is 7.50. The van der Waals surface area contributed by atoms with Crippen LogP contribution in [0.4, 0.5) is 0 Å².